The number of ether oxygens (including phenoxy) is 3. The van der Waals surface area contributed by atoms with Crippen LogP contribution in [0.15, 0.2) is 41.3 Å². The lowest BCUT2D eigenvalue weighted by Gasteiger charge is -2.19. The van der Waals surface area contributed by atoms with Crippen molar-refractivity contribution >= 4 is 10.0 Å². The third-order valence-electron chi connectivity index (χ3n) is 4.46. The Labute approximate surface area is 167 Å². The molecule has 0 heterocycles. The van der Waals surface area contributed by atoms with Crippen molar-refractivity contribution in [2.75, 3.05) is 42.5 Å². The quantitative estimate of drug-likeness (QED) is 0.674. The normalized spacial score (nSPS) is 12.7. The Balaban J connectivity index is 2.23. The Bertz CT molecular complexity index is 913. The summed E-state index contributed by atoms with van der Waals surface area (Å²) in [6, 6.07) is 10.9. The molecule has 0 saturated carbocycles. The van der Waals surface area contributed by atoms with E-state index in [1.165, 1.54) is 23.3 Å². The highest BCUT2D eigenvalue weighted by molar-refractivity contribution is 7.89. The zero-order valence-corrected chi connectivity index (χ0v) is 18.1. The van der Waals surface area contributed by atoms with Crippen LogP contribution in [-0.4, -0.2) is 55.2 Å². The lowest BCUT2D eigenvalue weighted by molar-refractivity contribution is -0.907. The molecule has 0 bridgehead atoms. The number of nitrogens with one attached hydrogen (secondary N) is 1. The molecule has 1 atom stereocenters. The van der Waals surface area contributed by atoms with Crippen molar-refractivity contribution < 1.29 is 27.5 Å². The molecule has 0 aromatic heterocycles. The summed E-state index contributed by atoms with van der Waals surface area (Å²) in [7, 11) is 6.43. The number of methoxy groups -OCH3 is 3. The van der Waals surface area contributed by atoms with E-state index in [-0.39, 0.29) is 0 Å². The Morgan fingerprint density at radius 3 is 2.18 bits per heavy atom. The topological polar surface area (TPSA) is 69.5 Å². The van der Waals surface area contributed by atoms with Crippen molar-refractivity contribution in [2.24, 2.45) is 0 Å². The number of nitrogens with zero attached hydrogens (tertiary/aromatic N) is 1. The molecule has 0 saturated heterocycles. The second-order valence-electron chi connectivity index (χ2n) is 6.74. The van der Waals surface area contributed by atoms with E-state index in [0.717, 1.165) is 11.1 Å². The van der Waals surface area contributed by atoms with Gasteiger partial charge in [-0.3, -0.25) is 0 Å². The molecule has 2 rings (SSSR count). The van der Waals surface area contributed by atoms with Crippen molar-refractivity contribution in [3.63, 3.8) is 0 Å². The standard InChI is InChI=1S/C20H28N2O5S/c1-21(2)28(23,24)17-9-7-8-15(12-17)13-22(3)14-16-10-11-18(25-4)20(27-6)19(16)26-5/h7-12H,13-14H2,1-6H3/p+1. The molecule has 2 aromatic rings. The van der Waals surface area contributed by atoms with Gasteiger partial charge in [-0.1, -0.05) is 12.1 Å². The fourth-order valence-electron chi connectivity index (χ4n) is 3.07. The van der Waals surface area contributed by atoms with Gasteiger partial charge < -0.3 is 19.1 Å². The maximum atomic E-state index is 12.4. The molecule has 0 fully saturated rings. The van der Waals surface area contributed by atoms with Gasteiger partial charge in [0.25, 0.3) is 0 Å². The van der Waals surface area contributed by atoms with Crippen LogP contribution in [0.4, 0.5) is 0 Å². The Hall–Kier alpha value is -2.29. The van der Waals surface area contributed by atoms with Crippen molar-refractivity contribution in [3.05, 3.63) is 47.5 Å². The van der Waals surface area contributed by atoms with E-state index in [1.54, 1.807) is 39.5 Å². The van der Waals surface area contributed by atoms with E-state index < -0.39 is 10.0 Å². The van der Waals surface area contributed by atoms with E-state index in [9.17, 15) is 8.42 Å². The molecule has 0 aliphatic carbocycles. The zero-order valence-electron chi connectivity index (χ0n) is 17.3. The van der Waals surface area contributed by atoms with Gasteiger partial charge in [0.15, 0.2) is 11.5 Å². The van der Waals surface area contributed by atoms with Gasteiger partial charge >= 0.3 is 0 Å². The third-order valence-corrected chi connectivity index (χ3v) is 6.27. The van der Waals surface area contributed by atoms with Gasteiger partial charge in [-0.15, -0.1) is 0 Å². The van der Waals surface area contributed by atoms with E-state index in [4.69, 9.17) is 14.2 Å². The lowest BCUT2D eigenvalue weighted by atomic mass is 10.1. The van der Waals surface area contributed by atoms with Crippen LogP contribution in [0.3, 0.4) is 0 Å². The highest BCUT2D eigenvalue weighted by atomic mass is 32.2. The van der Waals surface area contributed by atoms with Crippen molar-refractivity contribution in [3.8, 4) is 17.2 Å². The van der Waals surface area contributed by atoms with Crippen LogP contribution in [0.5, 0.6) is 17.2 Å². The van der Waals surface area contributed by atoms with Crippen LogP contribution < -0.4 is 19.1 Å². The Morgan fingerprint density at radius 2 is 1.61 bits per heavy atom. The molecule has 0 spiro atoms. The summed E-state index contributed by atoms with van der Waals surface area (Å²) in [5.41, 5.74) is 1.93. The van der Waals surface area contributed by atoms with Gasteiger partial charge in [0.1, 0.15) is 13.1 Å². The first-order valence-corrected chi connectivity index (χ1v) is 10.3. The van der Waals surface area contributed by atoms with Crippen molar-refractivity contribution in [2.45, 2.75) is 18.0 Å². The zero-order chi connectivity index (χ0) is 20.9. The summed E-state index contributed by atoms with van der Waals surface area (Å²) in [6.07, 6.45) is 0. The average Bonchev–Trinajstić information content (AvgIpc) is 2.67. The van der Waals surface area contributed by atoms with Gasteiger partial charge in [-0.05, 0) is 24.3 Å². The van der Waals surface area contributed by atoms with Crippen LogP contribution in [-0.2, 0) is 23.1 Å². The maximum absolute atomic E-state index is 12.4. The Morgan fingerprint density at radius 1 is 0.929 bits per heavy atom. The molecule has 28 heavy (non-hydrogen) atoms. The van der Waals surface area contributed by atoms with Gasteiger partial charge in [-0.25, -0.2) is 12.7 Å². The number of quaternary nitrogens is 1. The highest BCUT2D eigenvalue weighted by Gasteiger charge is 2.20. The second-order valence-corrected chi connectivity index (χ2v) is 8.89. The summed E-state index contributed by atoms with van der Waals surface area (Å²) >= 11 is 0. The monoisotopic (exact) mass is 409 g/mol. The maximum Gasteiger partial charge on any atom is 0.242 e. The molecule has 8 heteroatoms. The SMILES string of the molecule is COc1ccc(C[NH+](C)Cc2cccc(S(=O)(=O)N(C)C)c2)c(OC)c1OC. The van der Waals surface area contributed by atoms with Crippen LogP contribution >= 0.6 is 0 Å². The van der Waals surface area contributed by atoms with Crippen LogP contribution in [0.2, 0.25) is 0 Å². The van der Waals surface area contributed by atoms with Crippen LogP contribution in [0, 0.1) is 0 Å². The van der Waals surface area contributed by atoms with Crippen molar-refractivity contribution in [1.29, 1.82) is 0 Å². The third kappa shape index (κ3) is 4.76. The molecular weight excluding hydrogens is 380 g/mol. The lowest BCUT2D eigenvalue weighted by Crippen LogP contribution is -3.06. The number of hydrogen-bond acceptors (Lipinski definition) is 5. The predicted octanol–water partition coefficient (Wildman–Crippen LogP) is 1.18. The molecule has 0 aliphatic rings. The summed E-state index contributed by atoms with van der Waals surface area (Å²) in [5, 5.41) is 0. The minimum atomic E-state index is -3.45. The van der Waals surface area contributed by atoms with E-state index in [1.807, 2.05) is 25.2 Å². The number of rotatable bonds is 9. The van der Waals surface area contributed by atoms with Crippen LogP contribution in [0.1, 0.15) is 11.1 Å². The predicted molar refractivity (Wildman–Crippen MR) is 108 cm³/mol. The second kappa shape index (κ2) is 9.27. The largest absolute Gasteiger partial charge is 0.493 e. The minimum Gasteiger partial charge on any atom is -0.493 e. The molecule has 0 amide bonds. The number of hydrogen-bond donors (Lipinski definition) is 1. The van der Waals surface area contributed by atoms with Gasteiger partial charge in [-0.2, -0.15) is 0 Å². The molecule has 7 nitrogen and oxygen atoms in total. The molecule has 2 aromatic carbocycles. The fraction of sp³-hybridized carbons (Fsp3) is 0.400. The first-order valence-electron chi connectivity index (χ1n) is 8.85. The Kier molecular flexibility index (Phi) is 7.29. The average molecular weight is 410 g/mol. The van der Waals surface area contributed by atoms with Gasteiger partial charge in [0.05, 0.1) is 38.8 Å². The van der Waals surface area contributed by atoms with E-state index in [0.29, 0.717) is 35.2 Å². The first kappa shape index (κ1) is 22.0. The minimum absolute atomic E-state index is 0.298. The first-order chi connectivity index (χ1) is 13.2. The molecule has 154 valence electrons. The summed E-state index contributed by atoms with van der Waals surface area (Å²) < 4.78 is 42.2. The van der Waals surface area contributed by atoms with E-state index >= 15 is 0 Å². The number of sulfonamides is 1. The smallest absolute Gasteiger partial charge is 0.242 e. The summed E-state index contributed by atoms with van der Waals surface area (Å²) in [6.45, 7) is 1.34. The highest BCUT2D eigenvalue weighted by Crippen LogP contribution is 2.39. The molecular formula is C20H29N2O5S+. The molecule has 0 radical (unpaired) electrons. The van der Waals surface area contributed by atoms with Gasteiger partial charge in [0, 0.05) is 19.7 Å². The van der Waals surface area contributed by atoms with Gasteiger partial charge in [0.2, 0.25) is 15.8 Å². The summed E-state index contributed by atoms with van der Waals surface area (Å²) in [5.74, 6) is 1.82. The van der Waals surface area contributed by atoms with Crippen molar-refractivity contribution in [1.82, 2.24) is 4.31 Å². The van der Waals surface area contributed by atoms with E-state index in [2.05, 4.69) is 0 Å². The molecule has 1 unspecified atom stereocenters. The molecule has 0 aliphatic heterocycles. The van der Waals surface area contributed by atoms with Crippen LogP contribution in [0.25, 0.3) is 0 Å². The fourth-order valence-corrected chi connectivity index (χ4v) is 4.04. The summed E-state index contributed by atoms with van der Waals surface area (Å²) in [4.78, 5) is 1.47. The molecule has 1 N–H and O–H groups in total. The number of benzene rings is 2.